The topological polar surface area (TPSA) is 43.7 Å². The van der Waals surface area contributed by atoms with Crippen molar-refractivity contribution in [3.8, 4) is 5.75 Å². The number of rotatable bonds is 3. The van der Waals surface area contributed by atoms with Crippen LogP contribution in [0.4, 0.5) is 10.2 Å². The number of esters is 1. The molecule has 2 aromatic rings. The largest absolute Gasteiger partial charge is 0.420 e. The fourth-order valence-electron chi connectivity index (χ4n) is 2.51. The number of carbonyl (C=O) groups excluding carboxylic acids is 1. The molecular weight excluding hydrogens is 351 g/mol. The molecule has 1 fully saturated rings. The van der Waals surface area contributed by atoms with Crippen LogP contribution in [0.25, 0.3) is 0 Å². The molecule has 0 saturated carbocycles. The molecule has 22 heavy (non-hydrogen) atoms. The number of carbonyl (C=O) groups is 1. The van der Waals surface area contributed by atoms with Crippen molar-refractivity contribution in [1.29, 1.82) is 0 Å². The summed E-state index contributed by atoms with van der Waals surface area (Å²) in [6, 6.07) is 7.74. The third-order valence-electron chi connectivity index (χ3n) is 3.57. The maximum absolute atomic E-state index is 13.8. The Morgan fingerprint density at radius 1 is 1.27 bits per heavy atom. The molecule has 0 spiro atoms. The Morgan fingerprint density at radius 3 is 2.77 bits per heavy atom. The van der Waals surface area contributed by atoms with Crippen molar-refractivity contribution in [2.45, 2.75) is 12.8 Å². The first-order chi connectivity index (χ1) is 10.6. The van der Waals surface area contributed by atoms with Gasteiger partial charge >= 0.3 is 5.97 Å². The maximum atomic E-state index is 13.8. The van der Waals surface area contributed by atoms with Crippen molar-refractivity contribution in [2.75, 3.05) is 18.0 Å². The van der Waals surface area contributed by atoms with Crippen molar-refractivity contribution in [1.82, 2.24) is 0 Å². The number of anilines is 1. The third kappa shape index (κ3) is 3.11. The van der Waals surface area contributed by atoms with Crippen molar-refractivity contribution >= 4 is 27.7 Å². The predicted octanol–water partition coefficient (Wildman–Crippen LogP) is 3.22. The summed E-state index contributed by atoms with van der Waals surface area (Å²) in [7, 11) is 0. The Morgan fingerprint density at radius 2 is 2.05 bits per heavy atom. The smallest absolute Gasteiger partial charge is 0.352 e. The van der Waals surface area contributed by atoms with Crippen molar-refractivity contribution in [3.05, 3.63) is 52.4 Å². The highest BCUT2D eigenvalue weighted by Crippen LogP contribution is 2.24. The monoisotopic (exact) mass is 365 g/mol. The van der Waals surface area contributed by atoms with Crippen LogP contribution in [-0.2, 0) is 0 Å². The number of aromatic amines is 1. The average molecular weight is 366 g/mol. The third-order valence-corrected chi connectivity index (χ3v) is 4.07. The van der Waals surface area contributed by atoms with Crippen LogP contribution < -0.4 is 14.6 Å². The van der Waals surface area contributed by atoms with Crippen LogP contribution >= 0.6 is 15.9 Å². The SMILES string of the molecule is O=C(Oc1ccc(Br)cc1F)c1ccc[nH+]c1N1CCCC1. The molecule has 0 amide bonds. The number of nitrogens with one attached hydrogen (secondary N) is 1. The molecular formula is C16H15BrFN2O2+. The molecule has 1 aliphatic heterocycles. The minimum Gasteiger partial charge on any atom is -0.420 e. The van der Waals surface area contributed by atoms with Crippen LogP contribution in [0.1, 0.15) is 23.2 Å². The number of hydrogen-bond donors (Lipinski definition) is 0. The standard InChI is InChI=1S/C16H14BrFN2O2/c17-11-5-6-14(13(18)10-11)22-16(21)12-4-3-7-19-15(12)20-8-1-2-9-20/h3-7,10H,1-2,8-9H2/p+1. The molecule has 2 heterocycles. The van der Waals surface area contributed by atoms with Gasteiger partial charge in [0.05, 0.1) is 19.3 Å². The molecule has 0 aliphatic carbocycles. The molecule has 1 aromatic carbocycles. The van der Waals surface area contributed by atoms with Crippen LogP contribution in [0.15, 0.2) is 41.0 Å². The van der Waals surface area contributed by atoms with Crippen LogP contribution in [0, 0.1) is 5.82 Å². The average Bonchev–Trinajstić information content (AvgIpc) is 3.04. The fraction of sp³-hybridized carbons (Fsp3) is 0.250. The fourth-order valence-corrected chi connectivity index (χ4v) is 2.84. The van der Waals surface area contributed by atoms with Gasteiger partial charge in [-0.3, -0.25) is 4.90 Å². The second-order valence-electron chi connectivity index (χ2n) is 5.09. The number of benzene rings is 1. The summed E-state index contributed by atoms with van der Waals surface area (Å²) in [6.07, 6.45) is 3.96. The number of H-pyrrole nitrogens is 1. The Kier molecular flexibility index (Phi) is 4.38. The molecule has 0 atom stereocenters. The quantitative estimate of drug-likeness (QED) is 0.619. The Bertz CT molecular complexity index is 702. The first-order valence-electron chi connectivity index (χ1n) is 7.08. The van der Waals surface area contributed by atoms with E-state index in [0.29, 0.717) is 10.0 Å². The first kappa shape index (κ1) is 15.0. The minimum atomic E-state index is -0.578. The highest BCUT2D eigenvalue weighted by Gasteiger charge is 2.28. The van der Waals surface area contributed by atoms with Crippen LogP contribution in [0.5, 0.6) is 5.75 Å². The molecule has 0 radical (unpaired) electrons. The van der Waals surface area contributed by atoms with E-state index in [0.717, 1.165) is 31.7 Å². The number of halogens is 2. The molecule has 4 nitrogen and oxygen atoms in total. The zero-order valence-corrected chi connectivity index (χ0v) is 13.4. The molecule has 6 heteroatoms. The van der Waals surface area contributed by atoms with Gasteiger partial charge in [-0.25, -0.2) is 14.2 Å². The van der Waals surface area contributed by atoms with Gasteiger partial charge in [0.1, 0.15) is 5.56 Å². The minimum absolute atomic E-state index is 0.0792. The van der Waals surface area contributed by atoms with E-state index in [4.69, 9.17) is 4.74 Å². The van der Waals surface area contributed by atoms with Gasteiger partial charge in [0.2, 0.25) is 0 Å². The van der Waals surface area contributed by atoms with Crippen molar-refractivity contribution in [2.24, 2.45) is 0 Å². The molecule has 0 unspecified atom stereocenters. The maximum Gasteiger partial charge on any atom is 0.352 e. The summed E-state index contributed by atoms with van der Waals surface area (Å²) in [6.45, 7) is 1.79. The van der Waals surface area contributed by atoms with Gasteiger partial charge in [0, 0.05) is 4.47 Å². The summed E-state index contributed by atoms with van der Waals surface area (Å²) in [4.78, 5) is 17.6. The molecule has 1 N–H and O–H groups in total. The van der Waals surface area contributed by atoms with Gasteiger partial charge in [-0.05, 0) is 43.2 Å². The van der Waals surface area contributed by atoms with E-state index in [1.807, 2.05) is 0 Å². The van der Waals surface area contributed by atoms with Gasteiger partial charge in [-0.1, -0.05) is 15.9 Å². The molecule has 0 bridgehead atoms. The van der Waals surface area contributed by atoms with E-state index in [-0.39, 0.29) is 5.75 Å². The molecule has 1 aliphatic rings. The van der Waals surface area contributed by atoms with E-state index in [1.54, 1.807) is 24.4 Å². The zero-order valence-electron chi connectivity index (χ0n) is 11.8. The number of pyridine rings is 1. The lowest BCUT2D eigenvalue weighted by Crippen LogP contribution is -2.29. The normalized spacial score (nSPS) is 14.2. The van der Waals surface area contributed by atoms with Crippen molar-refractivity contribution < 1.29 is 18.9 Å². The van der Waals surface area contributed by atoms with Crippen molar-refractivity contribution in [3.63, 3.8) is 0 Å². The summed E-state index contributed by atoms with van der Waals surface area (Å²) < 4.78 is 19.6. The summed E-state index contributed by atoms with van der Waals surface area (Å²) in [5.74, 6) is -0.503. The van der Waals surface area contributed by atoms with E-state index in [9.17, 15) is 9.18 Å². The van der Waals surface area contributed by atoms with Gasteiger partial charge in [-0.2, -0.15) is 0 Å². The lowest BCUT2D eigenvalue weighted by molar-refractivity contribution is -0.364. The van der Waals surface area contributed by atoms with Gasteiger partial charge < -0.3 is 4.74 Å². The van der Waals surface area contributed by atoms with E-state index < -0.39 is 11.8 Å². The number of aromatic nitrogens is 1. The highest BCUT2D eigenvalue weighted by molar-refractivity contribution is 9.10. The number of nitrogens with zero attached hydrogens (tertiary/aromatic N) is 1. The Labute approximate surface area is 136 Å². The van der Waals surface area contributed by atoms with E-state index in [1.165, 1.54) is 12.1 Å². The first-order valence-corrected chi connectivity index (χ1v) is 7.87. The summed E-state index contributed by atoms with van der Waals surface area (Å²) in [5.41, 5.74) is 0.409. The summed E-state index contributed by atoms with van der Waals surface area (Å²) in [5, 5.41) is 0. The molecule has 114 valence electrons. The van der Waals surface area contributed by atoms with Crippen LogP contribution in [-0.4, -0.2) is 19.1 Å². The van der Waals surface area contributed by atoms with Crippen LogP contribution in [0.2, 0.25) is 0 Å². The zero-order chi connectivity index (χ0) is 15.5. The number of hydrogen-bond acceptors (Lipinski definition) is 3. The molecule has 3 rings (SSSR count). The molecule has 1 aromatic heterocycles. The predicted molar refractivity (Wildman–Crippen MR) is 83.5 cm³/mol. The van der Waals surface area contributed by atoms with Crippen LogP contribution in [0.3, 0.4) is 0 Å². The second kappa shape index (κ2) is 6.44. The Hall–Kier alpha value is -1.95. The van der Waals surface area contributed by atoms with E-state index in [2.05, 4.69) is 25.8 Å². The highest BCUT2D eigenvalue weighted by atomic mass is 79.9. The lowest BCUT2D eigenvalue weighted by Gasteiger charge is -2.12. The van der Waals surface area contributed by atoms with Gasteiger partial charge in [0.15, 0.2) is 11.6 Å². The Balaban J connectivity index is 1.86. The molecule has 1 saturated heterocycles. The van der Waals surface area contributed by atoms with Gasteiger partial charge in [-0.15, -0.1) is 0 Å². The van der Waals surface area contributed by atoms with Gasteiger partial charge in [0.25, 0.3) is 5.82 Å². The lowest BCUT2D eigenvalue weighted by atomic mass is 10.2. The number of ether oxygens (including phenoxy) is 1. The van der Waals surface area contributed by atoms with E-state index >= 15 is 0 Å². The summed E-state index contributed by atoms with van der Waals surface area (Å²) >= 11 is 3.17. The second-order valence-corrected chi connectivity index (χ2v) is 6.01.